The fourth-order valence-corrected chi connectivity index (χ4v) is 6.46. The van der Waals surface area contributed by atoms with Crippen LogP contribution in [-0.4, -0.2) is 55.6 Å². The Hall–Kier alpha value is -3.56. The summed E-state index contributed by atoms with van der Waals surface area (Å²) in [6.45, 7) is 6.24. The maximum atomic E-state index is 13.1. The van der Waals surface area contributed by atoms with Crippen molar-refractivity contribution in [1.29, 1.82) is 0 Å². The summed E-state index contributed by atoms with van der Waals surface area (Å²) in [7, 11) is 1.67. The van der Waals surface area contributed by atoms with Crippen molar-refractivity contribution in [2.24, 2.45) is 0 Å². The Labute approximate surface area is 251 Å². The number of alkyl halides is 3. The van der Waals surface area contributed by atoms with E-state index < -0.39 is 6.36 Å². The van der Waals surface area contributed by atoms with E-state index in [-0.39, 0.29) is 24.1 Å². The maximum Gasteiger partial charge on any atom is 0.573 e. The molecule has 2 bridgehead atoms. The van der Waals surface area contributed by atoms with Gasteiger partial charge in [0.2, 0.25) is 5.91 Å². The van der Waals surface area contributed by atoms with Crippen molar-refractivity contribution in [3.8, 4) is 22.6 Å². The number of hydrogen-bond acceptors (Lipinski definition) is 5. The second-order valence-electron chi connectivity index (χ2n) is 11.6. The second-order valence-corrected chi connectivity index (χ2v) is 11.6. The van der Waals surface area contributed by atoms with Gasteiger partial charge in [0.15, 0.2) is 0 Å². The molecule has 230 valence electrons. The molecule has 2 saturated heterocycles. The lowest BCUT2D eigenvalue weighted by atomic mass is 9.94. The number of carbonyl (C=O) groups excluding carboxylic acids is 1. The van der Waals surface area contributed by atoms with E-state index in [1.807, 2.05) is 24.3 Å². The fraction of sp³-hybridized carbons (Fsp3) is 0.441. The number of benzene rings is 3. The lowest BCUT2D eigenvalue weighted by Crippen LogP contribution is -2.50. The molecule has 5 rings (SSSR count). The molecule has 2 fully saturated rings. The van der Waals surface area contributed by atoms with Crippen LogP contribution in [0.15, 0.2) is 60.7 Å². The summed E-state index contributed by atoms with van der Waals surface area (Å²) >= 11 is 0. The number of methoxy groups -OCH3 is 1. The van der Waals surface area contributed by atoms with E-state index in [9.17, 15) is 18.0 Å². The largest absolute Gasteiger partial charge is 0.573 e. The van der Waals surface area contributed by atoms with Gasteiger partial charge in [-0.2, -0.15) is 0 Å². The van der Waals surface area contributed by atoms with Crippen molar-refractivity contribution in [2.75, 3.05) is 20.3 Å². The van der Waals surface area contributed by atoms with Crippen LogP contribution >= 0.6 is 0 Å². The first kappa shape index (κ1) is 30.9. The van der Waals surface area contributed by atoms with Gasteiger partial charge < -0.3 is 19.5 Å². The van der Waals surface area contributed by atoms with Gasteiger partial charge in [-0.3, -0.25) is 9.69 Å². The van der Waals surface area contributed by atoms with Crippen LogP contribution in [-0.2, 0) is 22.5 Å². The van der Waals surface area contributed by atoms with Crippen molar-refractivity contribution in [3.63, 3.8) is 0 Å². The Balaban J connectivity index is 1.17. The van der Waals surface area contributed by atoms with Gasteiger partial charge in [0.1, 0.15) is 18.1 Å². The minimum Gasteiger partial charge on any atom is -0.491 e. The van der Waals surface area contributed by atoms with Crippen LogP contribution in [0.25, 0.3) is 11.1 Å². The van der Waals surface area contributed by atoms with Crippen molar-refractivity contribution in [3.05, 3.63) is 82.9 Å². The Morgan fingerprint density at radius 1 is 0.930 bits per heavy atom. The number of fused-ring (bicyclic) bond motifs is 2. The van der Waals surface area contributed by atoms with Crippen molar-refractivity contribution in [1.82, 2.24) is 10.2 Å². The number of ether oxygens (including phenoxy) is 3. The number of halogens is 3. The molecule has 3 aromatic rings. The van der Waals surface area contributed by atoms with Crippen LogP contribution in [0.5, 0.6) is 11.5 Å². The molecule has 6 nitrogen and oxygen atoms in total. The average Bonchev–Trinajstić information content (AvgIpc) is 3.18. The van der Waals surface area contributed by atoms with E-state index in [0.29, 0.717) is 30.9 Å². The van der Waals surface area contributed by atoms with Crippen LogP contribution in [0.2, 0.25) is 0 Å². The summed E-state index contributed by atoms with van der Waals surface area (Å²) < 4.78 is 53.0. The van der Waals surface area contributed by atoms with Crippen LogP contribution in [0, 0.1) is 13.8 Å². The lowest BCUT2D eigenvalue weighted by Gasteiger charge is -2.39. The topological polar surface area (TPSA) is 60.0 Å². The number of piperidine rings is 1. The lowest BCUT2D eigenvalue weighted by molar-refractivity contribution is -0.274. The van der Waals surface area contributed by atoms with Gasteiger partial charge >= 0.3 is 6.36 Å². The standard InChI is InChI=1S/C34H39F3N2O4/c1-22-23(2)32(42-15-14-41-3)13-10-27(22)21-39-29-11-12-30(39)20-28(19-29)38-33(40)17-24-6-4-7-25(16-24)26-8-5-9-31(18-26)43-34(35,36)37/h4-10,13,16,18,28-30H,11-12,14-15,17,19-21H2,1-3H3,(H,38,40). The highest BCUT2D eigenvalue weighted by Gasteiger charge is 2.41. The van der Waals surface area contributed by atoms with Crippen LogP contribution in [0.1, 0.15) is 47.9 Å². The molecular formula is C34H39F3N2O4. The molecule has 43 heavy (non-hydrogen) atoms. The summed E-state index contributed by atoms with van der Waals surface area (Å²) in [5, 5.41) is 3.26. The highest BCUT2D eigenvalue weighted by atomic mass is 19.4. The minimum absolute atomic E-state index is 0.0420. The van der Waals surface area contributed by atoms with Gasteiger partial charge in [-0.15, -0.1) is 13.2 Å². The van der Waals surface area contributed by atoms with Crippen LogP contribution in [0.3, 0.4) is 0 Å². The van der Waals surface area contributed by atoms with E-state index in [4.69, 9.17) is 9.47 Å². The molecule has 3 aromatic carbocycles. The zero-order chi connectivity index (χ0) is 30.6. The number of nitrogens with one attached hydrogen (secondary N) is 1. The third kappa shape index (κ3) is 7.89. The molecule has 2 aliphatic heterocycles. The molecule has 2 atom stereocenters. The van der Waals surface area contributed by atoms with E-state index >= 15 is 0 Å². The molecule has 9 heteroatoms. The van der Waals surface area contributed by atoms with E-state index in [0.717, 1.165) is 54.7 Å². The van der Waals surface area contributed by atoms with Gasteiger partial charge in [-0.25, -0.2) is 0 Å². The highest BCUT2D eigenvalue weighted by molar-refractivity contribution is 5.79. The molecule has 2 heterocycles. The summed E-state index contributed by atoms with van der Waals surface area (Å²) in [5.41, 5.74) is 5.85. The molecule has 0 aromatic heterocycles. The van der Waals surface area contributed by atoms with E-state index in [1.165, 1.54) is 29.3 Å². The minimum atomic E-state index is -4.75. The quantitative estimate of drug-likeness (QED) is 0.248. The van der Waals surface area contributed by atoms with Crippen molar-refractivity contribution in [2.45, 2.75) is 77.0 Å². The highest BCUT2D eigenvalue weighted by Crippen LogP contribution is 2.38. The van der Waals surface area contributed by atoms with Gasteiger partial charge in [0, 0.05) is 31.8 Å². The third-order valence-corrected chi connectivity index (χ3v) is 8.69. The number of hydrogen-bond donors (Lipinski definition) is 1. The number of nitrogens with zero attached hydrogens (tertiary/aromatic N) is 1. The van der Waals surface area contributed by atoms with Gasteiger partial charge in [-0.1, -0.05) is 42.5 Å². The number of rotatable bonds is 11. The van der Waals surface area contributed by atoms with E-state index in [2.05, 4.69) is 40.9 Å². The van der Waals surface area contributed by atoms with Gasteiger partial charge in [0.05, 0.1) is 13.0 Å². The number of amides is 1. The Morgan fingerprint density at radius 2 is 1.63 bits per heavy atom. The molecule has 2 unspecified atom stereocenters. The Bertz CT molecular complexity index is 1410. The SMILES string of the molecule is COCCOc1ccc(CN2C3CCC2CC(NC(=O)Cc2cccc(-c4cccc(OC(F)(F)F)c4)c2)C3)c(C)c1C. The zero-order valence-corrected chi connectivity index (χ0v) is 24.9. The zero-order valence-electron chi connectivity index (χ0n) is 24.9. The summed E-state index contributed by atoms with van der Waals surface area (Å²) in [6.07, 6.45) is -0.440. The monoisotopic (exact) mass is 596 g/mol. The van der Waals surface area contributed by atoms with Crippen LogP contribution in [0.4, 0.5) is 13.2 Å². The first-order valence-corrected chi connectivity index (χ1v) is 14.8. The maximum absolute atomic E-state index is 13.1. The molecular weight excluding hydrogens is 557 g/mol. The van der Waals surface area contributed by atoms with Crippen molar-refractivity contribution >= 4 is 5.91 Å². The molecule has 0 radical (unpaired) electrons. The number of carbonyl (C=O) groups is 1. The first-order valence-electron chi connectivity index (χ1n) is 14.8. The summed E-state index contributed by atoms with van der Waals surface area (Å²) in [4.78, 5) is 15.7. The average molecular weight is 597 g/mol. The molecule has 2 aliphatic rings. The second kappa shape index (κ2) is 13.4. The van der Waals surface area contributed by atoms with Crippen molar-refractivity contribution < 1.29 is 32.2 Å². The molecule has 0 aliphatic carbocycles. The molecule has 1 amide bonds. The molecule has 1 N–H and O–H groups in total. The van der Waals surface area contributed by atoms with Gasteiger partial charge in [-0.05, 0) is 91.1 Å². The molecule has 0 spiro atoms. The smallest absolute Gasteiger partial charge is 0.491 e. The van der Waals surface area contributed by atoms with Crippen LogP contribution < -0.4 is 14.8 Å². The summed E-state index contributed by atoms with van der Waals surface area (Å²) in [5.74, 6) is 0.584. The fourth-order valence-electron chi connectivity index (χ4n) is 6.46. The van der Waals surface area contributed by atoms with Gasteiger partial charge in [0.25, 0.3) is 0 Å². The normalized spacial score (nSPS) is 20.2. The predicted octanol–water partition coefficient (Wildman–Crippen LogP) is 6.75. The predicted molar refractivity (Wildman–Crippen MR) is 159 cm³/mol. The Kier molecular flexibility index (Phi) is 9.62. The first-order chi connectivity index (χ1) is 20.6. The summed E-state index contributed by atoms with van der Waals surface area (Å²) in [6, 6.07) is 18.4. The third-order valence-electron chi connectivity index (χ3n) is 8.69. The Morgan fingerprint density at radius 3 is 2.33 bits per heavy atom. The molecule has 0 saturated carbocycles. The van der Waals surface area contributed by atoms with E-state index in [1.54, 1.807) is 13.2 Å².